The first-order valence-corrected chi connectivity index (χ1v) is 12.2. The zero-order valence-electron chi connectivity index (χ0n) is 24.0. The average molecular weight is 615 g/mol. The molecule has 2 aromatic carbocycles. The number of pyridine rings is 2. The molecule has 0 saturated heterocycles. The summed E-state index contributed by atoms with van der Waals surface area (Å²) in [5, 5.41) is 47.5. The molecule has 0 spiro atoms. The van der Waals surface area contributed by atoms with E-state index < -0.39 is 17.9 Å². The minimum absolute atomic E-state index is 0. The van der Waals surface area contributed by atoms with Gasteiger partial charge < -0.3 is 39.9 Å². The fourth-order valence-electron chi connectivity index (χ4n) is 3.32. The Labute approximate surface area is 254 Å². The van der Waals surface area contributed by atoms with E-state index in [1.165, 1.54) is 0 Å². The molecule has 0 aliphatic rings. The second-order valence-electron chi connectivity index (χ2n) is 8.72. The van der Waals surface area contributed by atoms with Crippen LogP contribution in [0.5, 0.6) is 11.5 Å². The Hall–Kier alpha value is -4.73. The van der Waals surface area contributed by atoms with Crippen molar-refractivity contribution in [3.8, 4) is 45.4 Å². The topological polar surface area (TPSA) is 187 Å². The smallest absolute Gasteiger partial charge is 0.550 e. The number of carboxylic acid groups (broad SMARTS) is 3. The maximum atomic E-state index is 10.6. The summed E-state index contributed by atoms with van der Waals surface area (Å²) in [6.07, 6.45) is 0. The van der Waals surface area contributed by atoms with Gasteiger partial charge in [0.25, 0.3) is 0 Å². The number of aryl methyl sites for hydroxylation is 2. The molecule has 220 valence electrons. The molecule has 4 aromatic rings. The molecule has 0 atom stereocenters. The van der Waals surface area contributed by atoms with Crippen molar-refractivity contribution in [3.05, 3.63) is 83.4 Å². The first-order valence-electron chi connectivity index (χ1n) is 12.2. The summed E-state index contributed by atoms with van der Waals surface area (Å²) in [6.45, 7) is 8.72. The summed E-state index contributed by atoms with van der Waals surface area (Å²) in [4.78, 5) is 36.1. The van der Waals surface area contributed by atoms with Crippen molar-refractivity contribution in [3.63, 3.8) is 0 Å². The SMILES string of the molecule is CC(=O)[O-].CC(=O)[O-].CC(=O)[O-].Cc1ccc(-c2cccc(-c3cccc(-c4ccc(C)c(C)c4O)n3)n2)c(O)c1.[Mn+3]. The van der Waals surface area contributed by atoms with Crippen LogP contribution in [0.25, 0.3) is 33.9 Å². The third-order valence-corrected chi connectivity index (χ3v) is 5.17. The van der Waals surface area contributed by atoms with E-state index in [0.29, 0.717) is 33.9 Å². The quantitative estimate of drug-likeness (QED) is 0.324. The normalized spacial score (nSPS) is 9.29. The minimum Gasteiger partial charge on any atom is -0.550 e. The number of carboxylic acids is 3. The number of hydrogen-bond donors (Lipinski definition) is 2. The maximum absolute atomic E-state index is 10.6. The molecule has 42 heavy (non-hydrogen) atoms. The Morgan fingerprint density at radius 3 is 1.43 bits per heavy atom. The van der Waals surface area contributed by atoms with E-state index in [1.807, 2.05) is 81.4 Å². The molecule has 2 N–H and O–H groups in total. The van der Waals surface area contributed by atoms with Crippen LogP contribution < -0.4 is 15.3 Å². The summed E-state index contributed by atoms with van der Waals surface area (Å²) in [5.41, 5.74) is 7.03. The summed E-state index contributed by atoms with van der Waals surface area (Å²) in [6, 6.07) is 20.8. The van der Waals surface area contributed by atoms with Gasteiger partial charge in [0.2, 0.25) is 0 Å². The molecule has 11 heteroatoms. The predicted molar refractivity (Wildman–Crippen MR) is 148 cm³/mol. The Bertz CT molecular complexity index is 1480. The van der Waals surface area contributed by atoms with E-state index in [4.69, 9.17) is 39.7 Å². The maximum Gasteiger partial charge on any atom is 3.00 e. The van der Waals surface area contributed by atoms with Crippen molar-refractivity contribution in [2.75, 3.05) is 0 Å². The van der Waals surface area contributed by atoms with Gasteiger partial charge in [0.1, 0.15) is 11.5 Å². The number of benzene rings is 2. The largest absolute Gasteiger partial charge is 3.00 e. The van der Waals surface area contributed by atoms with E-state index in [9.17, 15) is 10.2 Å². The summed E-state index contributed by atoms with van der Waals surface area (Å²) in [7, 11) is 0. The van der Waals surface area contributed by atoms with Gasteiger partial charge in [-0.05, 0) is 101 Å². The number of aromatic nitrogens is 2. The van der Waals surface area contributed by atoms with Gasteiger partial charge in [0, 0.05) is 29.0 Å². The van der Waals surface area contributed by atoms with Crippen molar-refractivity contribution >= 4 is 17.9 Å². The van der Waals surface area contributed by atoms with E-state index in [-0.39, 0.29) is 28.6 Å². The Morgan fingerprint density at radius 2 is 1.00 bits per heavy atom. The molecule has 0 fully saturated rings. The second-order valence-corrected chi connectivity index (χ2v) is 8.72. The van der Waals surface area contributed by atoms with Crippen molar-refractivity contribution in [2.45, 2.75) is 41.5 Å². The van der Waals surface area contributed by atoms with Gasteiger partial charge in [-0.15, -0.1) is 0 Å². The number of aliphatic carboxylic acids is 3. The minimum atomic E-state index is -1.08. The van der Waals surface area contributed by atoms with E-state index in [0.717, 1.165) is 37.5 Å². The number of carbonyl (C=O) groups is 3. The van der Waals surface area contributed by atoms with Crippen LogP contribution in [0.2, 0.25) is 0 Å². The number of aromatic hydroxyl groups is 2. The number of hydrogen-bond acceptors (Lipinski definition) is 10. The molecule has 0 unspecified atom stereocenters. The zero-order chi connectivity index (χ0) is 31.3. The summed E-state index contributed by atoms with van der Waals surface area (Å²) >= 11 is 0. The molecule has 2 heterocycles. The Morgan fingerprint density at radius 1 is 0.619 bits per heavy atom. The van der Waals surface area contributed by atoms with Crippen LogP contribution in [0.1, 0.15) is 37.5 Å². The van der Waals surface area contributed by atoms with Crippen LogP contribution in [-0.2, 0) is 31.5 Å². The fraction of sp³-hybridized carbons (Fsp3) is 0.194. The van der Waals surface area contributed by atoms with Crippen LogP contribution in [-0.4, -0.2) is 38.1 Å². The second kappa shape index (κ2) is 17.9. The molecule has 2 aromatic heterocycles. The number of carbonyl (C=O) groups excluding carboxylic acids is 3. The van der Waals surface area contributed by atoms with Gasteiger partial charge in [-0.1, -0.05) is 24.3 Å². The van der Waals surface area contributed by atoms with E-state index in [1.54, 1.807) is 6.07 Å². The number of phenols is 2. The van der Waals surface area contributed by atoms with Crippen LogP contribution in [0, 0.1) is 20.8 Å². The van der Waals surface area contributed by atoms with Crippen molar-refractivity contribution in [1.29, 1.82) is 0 Å². The molecule has 0 amide bonds. The van der Waals surface area contributed by atoms with Crippen LogP contribution in [0.4, 0.5) is 0 Å². The molecule has 0 saturated carbocycles. The molecule has 10 nitrogen and oxygen atoms in total. The van der Waals surface area contributed by atoms with Gasteiger partial charge in [0.15, 0.2) is 0 Å². The predicted octanol–water partition coefficient (Wildman–Crippen LogP) is 2.08. The third-order valence-electron chi connectivity index (χ3n) is 5.17. The van der Waals surface area contributed by atoms with Gasteiger partial charge in [-0.25, -0.2) is 9.97 Å². The van der Waals surface area contributed by atoms with E-state index in [2.05, 4.69) is 0 Å². The average Bonchev–Trinajstić information content (AvgIpc) is 2.87. The standard InChI is InChI=1S/C25H22N2O2.3C2H4O2.Mn/c1-15-10-12-18(24(28)14-15)20-6-4-8-22(26-20)23-9-5-7-21(27-23)19-13-11-16(2)17(3)25(19)29;3*1-2(3)4;/h4-14,28-29H,1-3H3;3*1H3,(H,3,4);/q;;;;+3/p-3. The van der Waals surface area contributed by atoms with E-state index >= 15 is 0 Å². The van der Waals surface area contributed by atoms with Gasteiger partial charge in [-0.3, -0.25) is 0 Å². The first kappa shape index (κ1) is 37.3. The molecule has 0 radical (unpaired) electrons. The monoisotopic (exact) mass is 614 g/mol. The molecule has 4 rings (SSSR count). The molecule has 0 aliphatic heterocycles. The number of rotatable bonds is 3. The van der Waals surface area contributed by atoms with Crippen molar-refractivity contribution < 1.29 is 57.0 Å². The number of nitrogens with zero attached hydrogens (tertiary/aromatic N) is 2. The Kier molecular flexibility index (Phi) is 15.8. The van der Waals surface area contributed by atoms with Crippen molar-refractivity contribution in [2.24, 2.45) is 0 Å². The summed E-state index contributed by atoms with van der Waals surface area (Å²) in [5.74, 6) is -2.79. The fourth-order valence-corrected chi connectivity index (χ4v) is 3.32. The van der Waals surface area contributed by atoms with Crippen molar-refractivity contribution in [1.82, 2.24) is 9.97 Å². The summed E-state index contributed by atoms with van der Waals surface area (Å²) < 4.78 is 0. The molecule has 0 bridgehead atoms. The number of phenolic OH excluding ortho intramolecular Hbond substituents is 2. The van der Waals surface area contributed by atoms with Gasteiger partial charge in [0.05, 0.1) is 22.8 Å². The Balaban J connectivity index is 0.00000111. The third kappa shape index (κ3) is 12.6. The van der Waals surface area contributed by atoms with Gasteiger partial charge in [-0.2, -0.15) is 0 Å². The van der Waals surface area contributed by atoms with Crippen LogP contribution in [0.3, 0.4) is 0 Å². The first-order chi connectivity index (χ1) is 19.1. The molecular weight excluding hydrogens is 583 g/mol. The van der Waals surface area contributed by atoms with Gasteiger partial charge >= 0.3 is 17.1 Å². The molecule has 0 aliphatic carbocycles. The van der Waals surface area contributed by atoms with Crippen LogP contribution >= 0.6 is 0 Å². The molecular formula is C31H31MnN2O8. The van der Waals surface area contributed by atoms with Crippen LogP contribution in [0.15, 0.2) is 66.7 Å². The zero-order valence-corrected chi connectivity index (χ0v) is 25.1.